The maximum Gasteiger partial charge on any atom is 0.409 e. The van der Waals surface area contributed by atoms with Crippen molar-refractivity contribution in [1.29, 1.82) is 0 Å². The Morgan fingerprint density at radius 3 is 2.32 bits per heavy atom. The summed E-state index contributed by atoms with van der Waals surface area (Å²) in [6, 6.07) is 0. The Hall–Kier alpha value is -1.51. The lowest BCUT2D eigenvalue weighted by molar-refractivity contribution is -0.0798. The van der Waals surface area contributed by atoms with E-state index in [1.54, 1.807) is 11.6 Å². The van der Waals surface area contributed by atoms with Gasteiger partial charge in [-0.15, -0.1) is 0 Å². The fourth-order valence-electron chi connectivity index (χ4n) is 3.64. The van der Waals surface area contributed by atoms with Gasteiger partial charge in [-0.3, -0.25) is 0 Å². The van der Waals surface area contributed by atoms with Gasteiger partial charge in [0.1, 0.15) is 0 Å². The lowest BCUT2D eigenvalue weighted by atomic mass is 9.66. The van der Waals surface area contributed by atoms with Gasteiger partial charge in [0.25, 0.3) is 0 Å². The van der Waals surface area contributed by atoms with E-state index < -0.39 is 6.18 Å². The molecule has 25 heavy (non-hydrogen) atoms. The molecular weight excluding hydrogens is 321 g/mol. The highest BCUT2D eigenvalue weighted by molar-refractivity contribution is 5.38. The minimum atomic E-state index is -4.25. The first-order chi connectivity index (χ1) is 11.8. The average Bonchev–Trinajstić information content (AvgIpc) is 2.58. The highest BCUT2D eigenvalue weighted by Crippen LogP contribution is 2.47. The predicted octanol–water partition coefficient (Wildman–Crippen LogP) is 7.86. The van der Waals surface area contributed by atoms with Crippen LogP contribution in [0.25, 0.3) is 0 Å². The summed E-state index contributed by atoms with van der Waals surface area (Å²) in [5.74, 6) is 0. The van der Waals surface area contributed by atoms with Crippen molar-refractivity contribution >= 4 is 0 Å². The third-order valence-electron chi connectivity index (χ3n) is 5.25. The zero-order valence-corrected chi connectivity index (χ0v) is 15.9. The van der Waals surface area contributed by atoms with Gasteiger partial charge in [-0.05, 0) is 56.4 Å². The molecule has 0 aromatic rings. The molecule has 0 aromatic heterocycles. The number of hydrogen-bond acceptors (Lipinski definition) is 0. The summed E-state index contributed by atoms with van der Waals surface area (Å²) in [6.07, 6.45) is 13.3. The molecule has 1 aliphatic carbocycles. The summed E-state index contributed by atoms with van der Waals surface area (Å²) >= 11 is 0. The van der Waals surface area contributed by atoms with Crippen LogP contribution in [0.2, 0.25) is 0 Å². The van der Waals surface area contributed by atoms with Crippen LogP contribution in [0.3, 0.4) is 0 Å². The van der Waals surface area contributed by atoms with E-state index in [1.807, 2.05) is 13.0 Å². The SMILES string of the molecule is CCC1=C(/C=C/C(C)=C/C=C/C=C/C(F)(F)F)C(CC)(CC)CCC1. The van der Waals surface area contributed by atoms with Crippen LogP contribution >= 0.6 is 0 Å². The molecule has 1 rings (SSSR count). The molecule has 0 saturated carbocycles. The van der Waals surface area contributed by atoms with E-state index in [2.05, 4.69) is 32.9 Å². The fraction of sp³-hybridized carbons (Fsp3) is 0.545. The number of allylic oxidation sites excluding steroid dienone is 10. The fourth-order valence-corrected chi connectivity index (χ4v) is 3.64. The van der Waals surface area contributed by atoms with Crippen LogP contribution in [0, 0.1) is 5.41 Å². The van der Waals surface area contributed by atoms with Crippen molar-refractivity contribution in [2.24, 2.45) is 5.41 Å². The summed E-state index contributed by atoms with van der Waals surface area (Å²) in [4.78, 5) is 0. The van der Waals surface area contributed by atoms with E-state index in [0.717, 1.165) is 30.9 Å². The van der Waals surface area contributed by atoms with Crippen molar-refractivity contribution in [3.05, 3.63) is 59.3 Å². The van der Waals surface area contributed by atoms with Crippen molar-refractivity contribution in [1.82, 2.24) is 0 Å². The quantitative estimate of drug-likeness (QED) is 0.409. The molecule has 0 atom stereocenters. The Labute approximate surface area is 150 Å². The highest BCUT2D eigenvalue weighted by Gasteiger charge is 2.33. The number of hydrogen-bond donors (Lipinski definition) is 0. The topological polar surface area (TPSA) is 0 Å². The number of rotatable bonds is 7. The maximum atomic E-state index is 12.0. The molecule has 0 spiro atoms. The standard InChI is InChI=1S/C22H31F3/c1-5-19-13-11-16-21(6-2,7-3)20(19)15-14-18(4)12-9-8-10-17-22(23,24)25/h8-10,12,14-15,17H,5-7,11,13,16H2,1-4H3/b9-8+,15-14+,17-10+,18-12+. The largest absolute Gasteiger partial charge is 0.409 e. The monoisotopic (exact) mass is 352 g/mol. The molecule has 3 heteroatoms. The third kappa shape index (κ3) is 6.72. The molecule has 0 N–H and O–H groups in total. The Balaban J connectivity index is 2.92. The van der Waals surface area contributed by atoms with Crippen LogP contribution in [0.1, 0.15) is 66.2 Å². The van der Waals surface area contributed by atoms with Crippen molar-refractivity contribution in [2.45, 2.75) is 72.4 Å². The second kappa shape index (κ2) is 9.84. The molecule has 0 bridgehead atoms. The van der Waals surface area contributed by atoms with Crippen LogP contribution in [-0.2, 0) is 0 Å². The van der Waals surface area contributed by atoms with E-state index in [-0.39, 0.29) is 11.5 Å². The van der Waals surface area contributed by atoms with Gasteiger partial charge in [-0.2, -0.15) is 13.2 Å². The van der Waals surface area contributed by atoms with E-state index in [0.29, 0.717) is 0 Å². The van der Waals surface area contributed by atoms with Crippen LogP contribution in [0.15, 0.2) is 59.3 Å². The summed E-state index contributed by atoms with van der Waals surface area (Å²) < 4.78 is 36.1. The molecule has 0 heterocycles. The van der Waals surface area contributed by atoms with Crippen molar-refractivity contribution in [3.63, 3.8) is 0 Å². The normalized spacial score (nSPS) is 19.7. The zero-order valence-electron chi connectivity index (χ0n) is 15.9. The van der Waals surface area contributed by atoms with Gasteiger partial charge < -0.3 is 0 Å². The Morgan fingerprint density at radius 1 is 1.08 bits per heavy atom. The van der Waals surface area contributed by atoms with E-state index >= 15 is 0 Å². The molecule has 140 valence electrons. The van der Waals surface area contributed by atoms with Gasteiger partial charge in [-0.1, -0.05) is 68.4 Å². The highest BCUT2D eigenvalue weighted by atomic mass is 19.4. The van der Waals surface area contributed by atoms with E-state index in [1.165, 1.54) is 30.9 Å². The second-order valence-electron chi connectivity index (χ2n) is 6.74. The Morgan fingerprint density at radius 2 is 1.76 bits per heavy atom. The maximum absolute atomic E-state index is 12.0. The summed E-state index contributed by atoms with van der Waals surface area (Å²) in [7, 11) is 0. The first-order valence-corrected chi connectivity index (χ1v) is 9.28. The summed E-state index contributed by atoms with van der Waals surface area (Å²) in [5, 5.41) is 0. The van der Waals surface area contributed by atoms with Gasteiger partial charge in [-0.25, -0.2) is 0 Å². The minimum absolute atomic E-state index is 0.236. The molecule has 0 aliphatic heterocycles. The summed E-state index contributed by atoms with van der Waals surface area (Å²) in [5.41, 5.74) is 4.36. The molecule has 1 aliphatic rings. The van der Waals surface area contributed by atoms with Crippen molar-refractivity contribution < 1.29 is 13.2 Å². The van der Waals surface area contributed by atoms with E-state index in [4.69, 9.17) is 0 Å². The van der Waals surface area contributed by atoms with Crippen molar-refractivity contribution in [3.8, 4) is 0 Å². The molecular formula is C22H31F3. The Kier molecular flexibility index (Phi) is 8.47. The second-order valence-corrected chi connectivity index (χ2v) is 6.74. The van der Waals surface area contributed by atoms with Crippen LogP contribution in [0.4, 0.5) is 13.2 Å². The Bertz CT molecular complexity index is 565. The molecule has 0 radical (unpaired) electrons. The van der Waals surface area contributed by atoms with Gasteiger partial charge in [0.2, 0.25) is 0 Å². The van der Waals surface area contributed by atoms with Crippen LogP contribution < -0.4 is 0 Å². The van der Waals surface area contributed by atoms with Crippen molar-refractivity contribution in [2.75, 3.05) is 0 Å². The van der Waals surface area contributed by atoms with Crippen LogP contribution in [-0.4, -0.2) is 6.18 Å². The average molecular weight is 352 g/mol. The molecule has 0 amide bonds. The third-order valence-corrected chi connectivity index (χ3v) is 5.25. The zero-order chi connectivity index (χ0) is 18.9. The first-order valence-electron chi connectivity index (χ1n) is 9.28. The number of halogens is 3. The smallest absolute Gasteiger partial charge is 0.167 e. The molecule has 0 aromatic carbocycles. The van der Waals surface area contributed by atoms with Gasteiger partial charge in [0, 0.05) is 6.08 Å². The van der Waals surface area contributed by atoms with Gasteiger partial charge in [0.05, 0.1) is 0 Å². The van der Waals surface area contributed by atoms with E-state index in [9.17, 15) is 13.2 Å². The first kappa shape index (κ1) is 21.5. The molecule has 0 saturated heterocycles. The predicted molar refractivity (Wildman–Crippen MR) is 101 cm³/mol. The van der Waals surface area contributed by atoms with Gasteiger partial charge in [0.15, 0.2) is 0 Å². The van der Waals surface area contributed by atoms with Crippen LogP contribution in [0.5, 0.6) is 0 Å². The number of alkyl halides is 3. The van der Waals surface area contributed by atoms with Gasteiger partial charge >= 0.3 is 6.18 Å². The minimum Gasteiger partial charge on any atom is -0.167 e. The molecule has 0 fully saturated rings. The molecule has 0 nitrogen and oxygen atoms in total. The lowest BCUT2D eigenvalue weighted by Gasteiger charge is -2.39. The molecule has 0 unspecified atom stereocenters. The summed E-state index contributed by atoms with van der Waals surface area (Å²) in [6.45, 7) is 8.74. The lowest BCUT2D eigenvalue weighted by Crippen LogP contribution is -2.25.